The fourth-order valence-corrected chi connectivity index (χ4v) is 0.714. The summed E-state index contributed by atoms with van der Waals surface area (Å²) in [6, 6.07) is 0. The van der Waals surface area contributed by atoms with Gasteiger partial charge in [-0.05, 0) is 0 Å². The summed E-state index contributed by atoms with van der Waals surface area (Å²) in [6.07, 6.45) is -2.29. The van der Waals surface area contributed by atoms with Gasteiger partial charge in [0.1, 0.15) is 0 Å². The zero-order chi connectivity index (χ0) is 10.6. The van der Waals surface area contributed by atoms with Crippen molar-refractivity contribution in [2.24, 2.45) is 0 Å². The number of hydrogen-bond acceptors (Lipinski definition) is 4. The van der Waals surface area contributed by atoms with E-state index in [9.17, 15) is 14.4 Å². The lowest BCUT2D eigenvalue weighted by Crippen LogP contribution is -2.42. The van der Waals surface area contributed by atoms with Crippen molar-refractivity contribution in [3.63, 3.8) is 0 Å². The second-order valence-electron chi connectivity index (χ2n) is 2.48. The minimum atomic E-state index is -2.74. The molecule has 0 atom stereocenters. The minimum absolute atomic E-state index is 0. The number of aliphatic carboxylic acids is 3. The zero-order valence-electron chi connectivity index (χ0n) is 7.65. The van der Waals surface area contributed by atoms with E-state index in [1.54, 1.807) is 0 Å². The minimum Gasteiger partial charge on any atom is -0.481 e. The summed E-state index contributed by atoms with van der Waals surface area (Å²) in [7, 11) is 0. The molecule has 98 valence electrons. The second kappa shape index (κ2) is 10.7. The van der Waals surface area contributed by atoms with E-state index in [4.69, 9.17) is 20.4 Å². The number of aliphatic hydroxyl groups is 1. The monoisotopic (exact) mass is 576 g/mol. The van der Waals surface area contributed by atoms with Crippen molar-refractivity contribution in [3.8, 4) is 0 Å². The van der Waals surface area contributed by atoms with Gasteiger partial charge in [0.05, 0.1) is 12.8 Å². The summed E-state index contributed by atoms with van der Waals surface area (Å²) < 4.78 is 0. The first-order chi connectivity index (χ1) is 5.78. The smallest absolute Gasteiger partial charge is 0.336 e. The number of carboxylic acids is 3. The lowest BCUT2D eigenvalue weighted by Gasteiger charge is -2.18. The number of carbonyl (C=O) groups is 3. The summed E-state index contributed by atoms with van der Waals surface area (Å²) in [5, 5.41) is 33.8. The molecule has 0 rings (SSSR count). The first-order valence-electron chi connectivity index (χ1n) is 3.17. The predicted molar refractivity (Wildman–Crippen MR) is 83.3 cm³/mol. The van der Waals surface area contributed by atoms with Crippen molar-refractivity contribution in [2.75, 3.05) is 0 Å². The van der Waals surface area contributed by atoms with E-state index in [0.717, 1.165) is 0 Å². The van der Waals surface area contributed by atoms with E-state index < -0.39 is 36.4 Å². The van der Waals surface area contributed by atoms with Gasteiger partial charge in [0.25, 0.3) is 0 Å². The average Bonchev–Trinajstić information content (AvgIpc) is 1.82. The highest BCUT2D eigenvalue weighted by Crippen LogP contribution is 2.15. The quantitative estimate of drug-likeness (QED) is 0.353. The standard InChI is InChI=1S/C6H8O7.3HI/c7-3(8)1-6(13,5(11)12)2-4(9)10;;;/h13H,1-2H2,(H,7,8)(H,9,10)(H,11,12);3*1H. The molecule has 0 saturated heterocycles. The topological polar surface area (TPSA) is 132 Å². The molecule has 0 heterocycles. The van der Waals surface area contributed by atoms with Crippen LogP contribution in [0.15, 0.2) is 0 Å². The number of carboxylic acid groups (broad SMARTS) is 3. The van der Waals surface area contributed by atoms with Gasteiger partial charge < -0.3 is 20.4 Å². The molecule has 0 aromatic rings. The van der Waals surface area contributed by atoms with Crippen LogP contribution in [0.4, 0.5) is 0 Å². The Labute approximate surface area is 142 Å². The Balaban J connectivity index is -0.000000240. The molecule has 16 heavy (non-hydrogen) atoms. The van der Waals surface area contributed by atoms with Gasteiger partial charge in [0.2, 0.25) is 0 Å². The molecule has 0 fully saturated rings. The van der Waals surface area contributed by atoms with Crippen LogP contribution in [0.25, 0.3) is 0 Å². The first-order valence-corrected chi connectivity index (χ1v) is 3.17. The van der Waals surface area contributed by atoms with Gasteiger partial charge in [-0.2, -0.15) is 0 Å². The Bertz CT molecular complexity index is 239. The Kier molecular flexibility index (Phi) is 17.0. The summed E-state index contributed by atoms with van der Waals surface area (Å²) in [6.45, 7) is 0. The van der Waals surface area contributed by atoms with E-state index >= 15 is 0 Å². The van der Waals surface area contributed by atoms with Crippen LogP contribution < -0.4 is 0 Å². The predicted octanol–water partition coefficient (Wildman–Crippen LogP) is 0.605. The Hall–Kier alpha value is 0.560. The molecule has 0 aliphatic heterocycles. The van der Waals surface area contributed by atoms with Gasteiger partial charge in [0.15, 0.2) is 5.60 Å². The molecule has 7 nitrogen and oxygen atoms in total. The van der Waals surface area contributed by atoms with Crippen LogP contribution in [0.3, 0.4) is 0 Å². The van der Waals surface area contributed by atoms with Crippen LogP contribution in [0.2, 0.25) is 0 Å². The van der Waals surface area contributed by atoms with Crippen molar-refractivity contribution in [1.82, 2.24) is 0 Å². The van der Waals surface area contributed by atoms with Crippen LogP contribution in [0.1, 0.15) is 12.8 Å². The van der Waals surface area contributed by atoms with E-state index in [1.165, 1.54) is 0 Å². The third-order valence-corrected chi connectivity index (χ3v) is 1.29. The SMILES string of the molecule is I.I.I.O=C(O)CC(O)(CC(=O)O)C(=O)O. The molecule has 0 unspecified atom stereocenters. The molecule has 0 spiro atoms. The lowest BCUT2D eigenvalue weighted by atomic mass is 9.96. The Morgan fingerprint density at radius 2 is 1.06 bits per heavy atom. The molecular formula is C6H11I3O7. The molecule has 0 saturated carbocycles. The van der Waals surface area contributed by atoms with Crippen LogP contribution >= 0.6 is 71.9 Å². The van der Waals surface area contributed by atoms with Gasteiger partial charge >= 0.3 is 17.9 Å². The number of halogens is 3. The average molecular weight is 576 g/mol. The van der Waals surface area contributed by atoms with Crippen LogP contribution in [-0.2, 0) is 14.4 Å². The maximum Gasteiger partial charge on any atom is 0.336 e. The van der Waals surface area contributed by atoms with Gasteiger partial charge in [0, 0.05) is 0 Å². The van der Waals surface area contributed by atoms with Gasteiger partial charge in [-0.3, -0.25) is 9.59 Å². The third kappa shape index (κ3) is 9.76. The van der Waals surface area contributed by atoms with E-state index in [-0.39, 0.29) is 71.9 Å². The lowest BCUT2D eigenvalue weighted by molar-refractivity contribution is -0.170. The zero-order valence-corrected chi connectivity index (χ0v) is 14.6. The first kappa shape index (κ1) is 25.4. The largest absolute Gasteiger partial charge is 0.481 e. The molecule has 0 aromatic carbocycles. The molecule has 10 heteroatoms. The summed E-state index contributed by atoms with van der Waals surface area (Å²) >= 11 is 0. The van der Waals surface area contributed by atoms with Crippen molar-refractivity contribution >= 4 is 89.8 Å². The maximum atomic E-state index is 10.3. The molecule has 0 bridgehead atoms. The molecule has 0 aliphatic carbocycles. The van der Waals surface area contributed by atoms with Gasteiger partial charge in [-0.1, -0.05) is 0 Å². The summed E-state index contributed by atoms with van der Waals surface area (Å²) in [5.74, 6) is -5.02. The normalized spacial score (nSPS) is 8.81. The molecule has 4 N–H and O–H groups in total. The second-order valence-corrected chi connectivity index (χ2v) is 2.48. The summed E-state index contributed by atoms with van der Waals surface area (Å²) in [5.41, 5.74) is -2.74. The maximum absolute atomic E-state index is 10.3. The molecule has 0 radical (unpaired) electrons. The molecule has 0 aromatic heterocycles. The highest BCUT2D eigenvalue weighted by Gasteiger charge is 2.40. The highest BCUT2D eigenvalue weighted by molar-refractivity contribution is 14.0. The van der Waals surface area contributed by atoms with E-state index in [0.29, 0.717) is 0 Å². The molecule has 0 aliphatic rings. The Morgan fingerprint density at radius 3 is 1.19 bits per heavy atom. The summed E-state index contributed by atoms with van der Waals surface area (Å²) in [4.78, 5) is 30.5. The van der Waals surface area contributed by atoms with Gasteiger partial charge in [-0.25, -0.2) is 4.79 Å². The fraction of sp³-hybridized carbons (Fsp3) is 0.500. The van der Waals surface area contributed by atoms with Crippen molar-refractivity contribution in [3.05, 3.63) is 0 Å². The van der Waals surface area contributed by atoms with Crippen molar-refractivity contribution in [1.29, 1.82) is 0 Å². The molecule has 0 amide bonds. The Morgan fingerprint density at radius 1 is 0.812 bits per heavy atom. The van der Waals surface area contributed by atoms with Crippen LogP contribution in [-0.4, -0.2) is 43.9 Å². The van der Waals surface area contributed by atoms with Crippen LogP contribution in [0.5, 0.6) is 0 Å². The highest BCUT2D eigenvalue weighted by atomic mass is 127. The third-order valence-electron chi connectivity index (χ3n) is 1.29. The number of rotatable bonds is 5. The van der Waals surface area contributed by atoms with Crippen LogP contribution in [0, 0.1) is 0 Å². The van der Waals surface area contributed by atoms with E-state index in [2.05, 4.69) is 0 Å². The van der Waals surface area contributed by atoms with E-state index in [1.807, 2.05) is 0 Å². The fourth-order valence-electron chi connectivity index (χ4n) is 0.714. The van der Waals surface area contributed by atoms with Gasteiger partial charge in [-0.15, -0.1) is 71.9 Å². The molecular weight excluding hydrogens is 565 g/mol. The van der Waals surface area contributed by atoms with Crippen molar-refractivity contribution < 1.29 is 34.8 Å². The number of hydrogen-bond donors (Lipinski definition) is 4. The van der Waals surface area contributed by atoms with Crippen molar-refractivity contribution in [2.45, 2.75) is 18.4 Å².